The van der Waals surface area contributed by atoms with Gasteiger partial charge in [-0.25, -0.2) is 4.98 Å². The third-order valence-corrected chi connectivity index (χ3v) is 10.4. The van der Waals surface area contributed by atoms with Crippen LogP contribution in [-0.4, -0.2) is 14.5 Å². The summed E-state index contributed by atoms with van der Waals surface area (Å²) in [5, 5.41) is 6.53. The van der Waals surface area contributed by atoms with Gasteiger partial charge in [0, 0.05) is 28.2 Å². The molecule has 0 unspecified atom stereocenters. The van der Waals surface area contributed by atoms with E-state index < -0.39 is 0 Å². The molecule has 0 N–H and O–H groups in total. The molecule has 48 heavy (non-hydrogen) atoms. The van der Waals surface area contributed by atoms with Crippen LogP contribution in [0.2, 0.25) is 0 Å². The van der Waals surface area contributed by atoms with E-state index in [1.165, 1.54) is 54.9 Å². The van der Waals surface area contributed by atoms with Gasteiger partial charge < -0.3 is 0 Å². The quantitative estimate of drug-likeness (QED) is 0.185. The van der Waals surface area contributed by atoms with Crippen LogP contribution in [0, 0.1) is 0 Å². The normalized spacial score (nSPS) is 13.4. The first-order chi connectivity index (χ1) is 23.5. The second kappa shape index (κ2) is 9.97. The first-order valence-electron chi connectivity index (χ1n) is 16.6. The zero-order chi connectivity index (χ0) is 32.0. The van der Waals surface area contributed by atoms with Crippen molar-refractivity contribution in [2.75, 3.05) is 0 Å². The van der Waals surface area contributed by atoms with Gasteiger partial charge in [0.05, 0.1) is 16.6 Å². The molecular weight excluding hydrogens is 583 g/mol. The number of benzene rings is 7. The van der Waals surface area contributed by atoms with Crippen molar-refractivity contribution in [2.45, 2.75) is 19.3 Å². The monoisotopic (exact) mass is 613 g/mol. The van der Waals surface area contributed by atoms with E-state index in [4.69, 9.17) is 4.98 Å². The van der Waals surface area contributed by atoms with Crippen molar-refractivity contribution in [3.05, 3.63) is 163 Å². The maximum absolute atomic E-state index is 5.03. The molecule has 1 aliphatic rings. The molecule has 9 aromatic rings. The molecule has 2 aromatic heterocycles. The summed E-state index contributed by atoms with van der Waals surface area (Å²) in [6, 6.07) is 52.7. The van der Waals surface area contributed by atoms with Crippen LogP contribution in [0.15, 0.2) is 152 Å². The minimum Gasteiger partial charge on any atom is -0.292 e. The number of pyridine rings is 1. The van der Waals surface area contributed by atoms with Crippen LogP contribution in [-0.2, 0) is 5.41 Å². The molecule has 0 saturated carbocycles. The summed E-state index contributed by atoms with van der Waals surface area (Å²) in [5.74, 6) is 0.951. The van der Waals surface area contributed by atoms with Crippen LogP contribution < -0.4 is 0 Å². The molecule has 0 bridgehead atoms. The molecule has 226 valence electrons. The maximum atomic E-state index is 5.03. The molecular formula is C45H31N3. The van der Waals surface area contributed by atoms with Crippen LogP contribution in [0.4, 0.5) is 0 Å². The summed E-state index contributed by atoms with van der Waals surface area (Å²) >= 11 is 0. The van der Waals surface area contributed by atoms with E-state index in [-0.39, 0.29) is 5.41 Å². The molecule has 1 aliphatic carbocycles. The third kappa shape index (κ3) is 3.94. The van der Waals surface area contributed by atoms with E-state index in [0.717, 1.165) is 39.0 Å². The summed E-state index contributed by atoms with van der Waals surface area (Å²) in [5.41, 5.74) is 12.9. The van der Waals surface area contributed by atoms with Crippen molar-refractivity contribution in [1.29, 1.82) is 0 Å². The first kappa shape index (κ1) is 27.1. The Kier molecular flexibility index (Phi) is 5.63. The van der Waals surface area contributed by atoms with Gasteiger partial charge in [0.25, 0.3) is 0 Å². The smallest absolute Gasteiger partial charge is 0.145 e. The lowest BCUT2D eigenvalue weighted by atomic mass is 9.80. The minimum absolute atomic E-state index is 0.134. The lowest BCUT2D eigenvalue weighted by Crippen LogP contribution is -2.15. The lowest BCUT2D eigenvalue weighted by Gasteiger charge is -2.23. The van der Waals surface area contributed by atoms with Crippen molar-refractivity contribution in [3.63, 3.8) is 0 Å². The highest BCUT2D eigenvalue weighted by Crippen LogP contribution is 2.51. The van der Waals surface area contributed by atoms with Gasteiger partial charge in [-0.3, -0.25) is 9.55 Å². The van der Waals surface area contributed by atoms with Crippen molar-refractivity contribution in [1.82, 2.24) is 14.5 Å². The molecule has 7 aromatic carbocycles. The van der Waals surface area contributed by atoms with Crippen LogP contribution in [0.5, 0.6) is 0 Å². The van der Waals surface area contributed by atoms with Gasteiger partial charge in [0.2, 0.25) is 0 Å². The molecule has 0 amide bonds. The van der Waals surface area contributed by atoms with E-state index in [0.29, 0.717) is 0 Å². The minimum atomic E-state index is -0.134. The lowest BCUT2D eigenvalue weighted by molar-refractivity contribution is 0.663. The number of para-hydroxylation sites is 2. The Morgan fingerprint density at radius 2 is 1.12 bits per heavy atom. The van der Waals surface area contributed by atoms with Gasteiger partial charge in [0.1, 0.15) is 5.82 Å². The number of nitrogens with zero attached hydrogens (tertiary/aromatic N) is 3. The van der Waals surface area contributed by atoms with Gasteiger partial charge in [-0.1, -0.05) is 92.7 Å². The Morgan fingerprint density at radius 1 is 0.479 bits per heavy atom. The fourth-order valence-corrected chi connectivity index (χ4v) is 7.92. The highest BCUT2D eigenvalue weighted by Gasteiger charge is 2.35. The molecule has 0 saturated heterocycles. The van der Waals surface area contributed by atoms with E-state index >= 15 is 0 Å². The van der Waals surface area contributed by atoms with E-state index in [1.807, 2.05) is 18.3 Å². The molecule has 0 radical (unpaired) electrons. The average Bonchev–Trinajstić information content (AvgIpc) is 3.64. The largest absolute Gasteiger partial charge is 0.292 e. The van der Waals surface area contributed by atoms with Gasteiger partial charge in [0.15, 0.2) is 0 Å². The summed E-state index contributed by atoms with van der Waals surface area (Å²) in [6.07, 6.45) is 1.86. The maximum Gasteiger partial charge on any atom is 0.145 e. The van der Waals surface area contributed by atoms with Crippen LogP contribution in [0.1, 0.15) is 25.0 Å². The van der Waals surface area contributed by atoms with E-state index in [2.05, 4.69) is 157 Å². The number of hydrogen-bond donors (Lipinski definition) is 0. The van der Waals surface area contributed by atoms with Crippen molar-refractivity contribution >= 4 is 43.5 Å². The summed E-state index contributed by atoms with van der Waals surface area (Å²) < 4.78 is 2.27. The molecule has 0 fully saturated rings. The number of fused-ring (bicyclic) bond motifs is 2. The highest BCUT2D eigenvalue weighted by molar-refractivity contribution is 6.16. The Balaban J connectivity index is 1.07. The standard InChI is InChI=1S/C45H31N3/c1-45(2)37-26-34(28-16-19-36(20-17-28)48-41-13-7-6-12-40(41)47-44(48)29-9-4-3-5-10-29)24-32-14-15-33-25-35(27-38(45)43(33)42(32)37)30-18-21-39-31(23-30)11-8-22-46-39/h3-27H,1-2H3. The van der Waals surface area contributed by atoms with Crippen molar-refractivity contribution in [3.8, 4) is 39.3 Å². The Morgan fingerprint density at radius 3 is 1.88 bits per heavy atom. The van der Waals surface area contributed by atoms with Crippen molar-refractivity contribution in [2.24, 2.45) is 0 Å². The number of imidazole rings is 1. The third-order valence-electron chi connectivity index (χ3n) is 10.4. The first-order valence-corrected chi connectivity index (χ1v) is 16.6. The van der Waals surface area contributed by atoms with Crippen LogP contribution in [0.25, 0.3) is 82.8 Å². The van der Waals surface area contributed by atoms with Gasteiger partial charge >= 0.3 is 0 Å². The predicted molar refractivity (Wildman–Crippen MR) is 200 cm³/mol. The van der Waals surface area contributed by atoms with Gasteiger partial charge in [-0.15, -0.1) is 0 Å². The SMILES string of the molecule is CC1(C)c2cc(-c3ccc(-n4c(-c5ccccc5)nc5ccccc54)cc3)cc3ccc4cc(-c5ccc6ncccc6c5)cc1c4c23. The fourth-order valence-electron chi connectivity index (χ4n) is 7.92. The number of hydrogen-bond acceptors (Lipinski definition) is 2. The second-order valence-corrected chi connectivity index (χ2v) is 13.5. The molecule has 3 heteroatoms. The molecule has 2 heterocycles. The predicted octanol–water partition coefficient (Wildman–Crippen LogP) is 11.5. The summed E-state index contributed by atoms with van der Waals surface area (Å²) in [7, 11) is 0. The fraction of sp³-hybridized carbons (Fsp3) is 0.0667. The van der Waals surface area contributed by atoms with Crippen molar-refractivity contribution < 1.29 is 0 Å². The van der Waals surface area contributed by atoms with E-state index in [9.17, 15) is 0 Å². The van der Waals surface area contributed by atoms with Gasteiger partial charge in [-0.05, 0) is 122 Å². The van der Waals surface area contributed by atoms with Crippen LogP contribution >= 0.6 is 0 Å². The highest BCUT2D eigenvalue weighted by atomic mass is 15.1. The molecule has 0 spiro atoms. The second-order valence-electron chi connectivity index (χ2n) is 13.5. The number of rotatable bonds is 4. The number of aromatic nitrogens is 3. The summed E-state index contributed by atoms with van der Waals surface area (Å²) in [4.78, 5) is 9.56. The molecule has 10 rings (SSSR count). The zero-order valence-electron chi connectivity index (χ0n) is 26.8. The Bertz CT molecular complexity index is 2730. The van der Waals surface area contributed by atoms with Crippen LogP contribution in [0.3, 0.4) is 0 Å². The Labute approximate surface area is 278 Å². The topological polar surface area (TPSA) is 30.7 Å². The average molecular weight is 614 g/mol. The molecule has 0 atom stereocenters. The Hall–Kier alpha value is -6.06. The zero-order valence-corrected chi connectivity index (χ0v) is 26.8. The van der Waals surface area contributed by atoms with E-state index in [1.54, 1.807) is 0 Å². The van der Waals surface area contributed by atoms with Gasteiger partial charge in [-0.2, -0.15) is 0 Å². The summed E-state index contributed by atoms with van der Waals surface area (Å²) in [6.45, 7) is 4.76. The molecule has 3 nitrogen and oxygen atoms in total. The molecule has 0 aliphatic heterocycles.